The van der Waals surface area contributed by atoms with Crippen molar-refractivity contribution in [2.45, 2.75) is 52.1 Å². The van der Waals surface area contributed by atoms with Crippen molar-refractivity contribution in [3.63, 3.8) is 0 Å². The Kier molecular flexibility index (Phi) is 8.96. The zero-order chi connectivity index (χ0) is 15.7. The zero-order valence-corrected chi connectivity index (χ0v) is 13.3. The third-order valence-electron chi connectivity index (χ3n) is 3.13. The predicted octanol–water partition coefficient (Wildman–Crippen LogP) is 1.52. The van der Waals surface area contributed by atoms with Gasteiger partial charge in [-0.05, 0) is 26.4 Å². The number of hydrogen-bond donors (Lipinski definition) is 3. The minimum Gasteiger partial charge on any atom is -0.480 e. The Balaban J connectivity index is 4.44. The summed E-state index contributed by atoms with van der Waals surface area (Å²) in [6.07, 6.45) is 2.14. The number of amides is 2. The molecule has 2 atom stereocenters. The van der Waals surface area contributed by atoms with Crippen LogP contribution >= 0.6 is 0 Å². The summed E-state index contributed by atoms with van der Waals surface area (Å²) < 4.78 is 0. The number of likely N-dealkylation sites (N-methyl/N-ethyl adjacent to an activating group) is 1. The minimum absolute atomic E-state index is 0.00869. The van der Waals surface area contributed by atoms with E-state index < -0.39 is 18.0 Å². The molecule has 1 unspecified atom stereocenters. The molecule has 0 rings (SSSR count). The molecule has 0 radical (unpaired) electrons. The van der Waals surface area contributed by atoms with E-state index in [0.717, 1.165) is 19.4 Å². The van der Waals surface area contributed by atoms with E-state index in [-0.39, 0.29) is 12.0 Å². The lowest BCUT2D eigenvalue weighted by Crippen LogP contribution is -2.52. The summed E-state index contributed by atoms with van der Waals surface area (Å²) in [5.74, 6) is -0.704. The Morgan fingerprint density at radius 3 is 2.20 bits per heavy atom. The molecule has 118 valence electrons. The van der Waals surface area contributed by atoms with Crippen LogP contribution in [0.2, 0.25) is 0 Å². The van der Waals surface area contributed by atoms with E-state index in [0.29, 0.717) is 6.42 Å². The van der Waals surface area contributed by atoms with Crippen molar-refractivity contribution >= 4 is 12.0 Å². The highest BCUT2D eigenvalue weighted by atomic mass is 16.4. The Morgan fingerprint density at radius 2 is 1.80 bits per heavy atom. The van der Waals surface area contributed by atoms with Gasteiger partial charge in [0.2, 0.25) is 0 Å². The summed E-state index contributed by atoms with van der Waals surface area (Å²) in [6.45, 7) is 6.77. The number of carbonyl (C=O) groups is 2. The monoisotopic (exact) mass is 287 g/mol. The molecule has 0 aromatic heterocycles. The molecule has 2 amide bonds. The topological polar surface area (TPSA) is 81.7 Å². The van der Waals surface area contributed by atoms with Crippen molar-refractivity contribution in [1.82, 2.24) is 15.5 Å². The fraction of sp³-hybridized carbons (Fsp3) is 0.857. The van der Waals surface area contributed by atoms with Crippen LogP contribution < -0.4 is 10.6 Å². The van der Waals surface area contributed by atoms with Gasteiger partial charge < -0.3 is 20.6 Å². The summed E-state index contributed by atoms with van der Waals surface area (Å²) in [5.41, 5.74) is 0. The molecule has 3 N–H and O–H groups in total. The Hall–Kier alpha value is -1.30. The second-order valence-electron chi connectivity index (χ2n) is 5.76. The van der Waals surface area contributed by atoms with E-state index in [1.54, 1.807) is 0 Å². The van der Waals surface area contributed by atoms with Gasteiger partial charge in [0.05, 0.1) is 0 Å². The highest BCUT2D eigenvalue weighted by Gasteiger charge is 2.22. The van der Waals surface area contributed by atoms with Crippen molar-refractivity contribution in [3.05, 3.63) is 0 Å². The Morgan fingerprint density at radius 1 is 1.20 bits per heavy atom. The largest absolute Gasteiger partial charge is 0.480 e. The molecule has 0 heterocycles. The van der Waals surface area contributed by atoms with Crippen LogP contribution in [0, 0.1) is 5.92 Å². The SMILES string of the molecule is CCCC[C@H](NC(=O)NC(CN(C)C)C(C)C)C(=O)O. The molecule has 0 aliphatic carbocycles. The van der Waals surface area contributed by atoms with Gasteiger partial charge in [0, 0.05) is 12.6 Å². The number of carbonyl (C=O) groups excluding carboxylic acids is 1. The van der Waals surface area contributed by atoms with Crippen molar-refractivity contribution < 1.29 is 14.7 Å². The van der Waals surface area contributed by atoms with Crippen LogP contribution in [0.3, 0.4) is 0 Å². The number of nitrogens with zero attached hydrogens (tertiary/aromatic N) is 1. The smallest absolute Gasteiger partial charge is 0.326 e. The van der Waals surface area contributed by atoms with Crippen LogP contribution in [0.5, 0.6) is 0 Å². The van der Waals surface area contributed by atoms with E-state index in [1.807, 2.05) is 39.8 Å². The van der Waals surface area contributed by atoms with Crippen LogP contribution in [0.4, 0.5) is 4.79 Å². The van der Waals surface area contributed by atoms with Gasteiger partial charge in [-0.2, -0.15) is 0 Å². The summed E-state index contributed by atoms with van der Waals surface area (Å²) in [6, 6.07) is -1.23. The molecule has 0 bridgehead atoms. The van der Waals surface area contributed by atoms with E-state index in [9.17, 15) is 9.59 Å². The Labute approximate surface area is 121 Å². The molecule has 0 aliphatic heterocycles. The van der Waals surface area contributed by atoms with E-state index >= 15 is 0 Å². The first-order chi connectivity index (χ1) is 9.27. The Bertz CT molecular complexity index is 306. The molecular weight excluding hydrogens is 258 g/mol. The van der Waals surface area contributed by atoms with E-state index in [2.05, 4.69) is 10.6 Å². The average molecular weight is 287 g/mol. The molecular formula is C14H29N3O3. The summed E-state index contributed by atoms with van der Waals surface area (Å²) in [5, 5.41) is 14.5. The molecule has 0 aliphatic rings. The normalized spacial score (nSPS) is 14.2. The van der Waals surface area contributed by atoms with E-state index in [1.165, 1.54) is 0 Å². The van der Waals surface area contributed by atoms with Crippen LogP contribution in [0.25, 0.3) is 0 Å². The minimum atomic E-state index is -0.984. The first-order valence-electron chi connectivity index (χ1n) is 7.22. The maximum Gasteiger partial charge on any atom is 0.326 e. The number of aliphatic carboxylic acids is 1. The second-order valence-corrected chi connectivity index (χ2v) is 5.76. The molecule has 0 aromatic carbocycles. The fourth-order valence-corrected chi connectivity index (χ4v) is 1.85. The summed E-state index contributed by atoms with van der Waals surface area (Å²) >= 11 is 0. The van der Waals surface area contributed by atoms with Crippen molar-refractivity contribution in [3.8, 4) is 0 Å². The molecule has 0 saturated carbocycles. The van der Waals surface area contributed by atoms with Gasteiger partial charge in [-0.1, -0.05) is 33.6 Å². The van der Waals surface area contributed by atoms with Gasteiger partial charge in [0.25, 0.3) is 0 Å². The molecule has 6 nitrogen and oxygen atoms in total. The van der Waals surface area contributed by atoms with Gasteiger partial charge in [-0.15, -0.1) is 0 Å². The third kappa shape index (κ3) is 7.99. The van der Waals surface area contributed by atoms with Gasteiger partial charge in [0.1, 0.15) is 6.04 Å². The van der Waals surface area contributed by atoms with Crippen LogP contribution in [-0.4, -0.2) is 54.7 Å². The molecule has 0 aromatic rings. The zero-order valence-electron chi connectivity index (χ0n) is 13.3. The lowest BCUT2D eigenvalue weighted by atomic mass is 10.0. The third-order valence-corrected chi connectivity index (χ3v) is 3.13. The molecule has 0 saturated heterocycles. The van der Waals surface area contributed by atoms with Gasteiger partial charge in [0.15, 0.2) is 0 Å². The first-order valence-corrected chi connectivity index (χ1v) is 7.22. The van der Waals surface area contributed by atoms with E-state index in [4.69, 9.17) is 5.11 Å². The first kappa shape index (κ1) is 18.7. The van der Waals surface area contributed by atoms with Gasteiger partial charge >= 0.3 is 12.0 Å². The van der Waals surface area contributed by atoms with Crippen molar-refractivity contribution in [2.75, 3.05) is 20.6 Å². The number of hydrogen-bond acceptors (Lipinski definition) is 3. The highest BCUT2D eigenvalue weighted by molar-refractivity contribution is 5.82. The number of unbranched alkanes of at least 4 members (excludes halogenated alkanes) is 1. The van der Waals surface area contributed by atoms with Crippen molar-refractivity contribution in [1.29, 1.82) is 0 Å². The average Bonchev–Trinajstić information content (AvgIpc) is 2.32. The number of carboxylic acids is 1. The molecule has 0 spiro atoms. The molecule has 6 heteroatoms. The van der Waals surface area contributed by atoms with Crippen molar-refractivity contribution in [2.24, 2.45) is 5.92 Å². The highest BCUT2D eigenvalue weighted by Crippen LogP contribution is 2.04. The number of nitrogens with one attached hydrogen (secondary N) is 2. The summed E-state index contributed by atoms with van der Waals surface area (Å²) in [4.78, 5) is 25.0. The fourth-order valence-electron chi connectivity index (χ4n) is 1.85. The number of carboxylic acid groups (broad SMARTS) is 1. The number of urea groups is 1. The molecule has 20 heavy (non-hydrogen) atoms. The summed E-state index contributed by atoms with van der Waals surface area (Å²) in [7, 11) is 3.88. The van der Waals surface area contributed by atoms with Crippen LogP contribution in [0.15, 0.2) is 0 Å². The van der Waals surface area contributed by atoms with Crippen LogP contribution in [-0.2, 0) is 4.79 Å². The van der Waals surface area contributed by atoms with Gasteiger partial charge in [-0.3, -0.25) is 0 Å². The van der Waals surface area contributed by atoms with Gasteiger partial charge in [-0.25, -0.2) is 9.59 Å². The number of rotatable bonds is 9. The van der Waals surface area contributed by atoms with Crippen LogP contribution in [0.1, 0.15) is 40.0 Å². The maximum atomic E-state index is 11.9. The maximum absolute atomic E-state index is 11.9. The predicted molar refractivity (Wildman–Crippen MR) is 79.8 cm³/mol. The lowest BCUT2D eigenvalue weighted by Gasteiger charge is -2.26. The second kappa shape index (κ2) is 9.58. The standard InChI is InChI=1S/C14H29N3O3/c1-6-7-8-11(13(18)19)15-14(20)16-12(10(2)3)9-17(4)5/h10-12H,6-9H2,1-5H3,(H,18,19)(H2,15,16,20)/t11-,12?/m0/s1. The molecule has 0 fully saturated rings. The quantitative estimate of drug-likeness (QED) is 0.600. The lowest BCUT2D eigenvalue weighted by molar-refractivity contribution is -0.139.